The molecule has 4 nitrogen and oxygen atoms in total. The zero-order valence-corrected chi connectivity index (χ0v) is 21.6. The van der Waals surface area contributed by atoms with E-state index in [-0.39, 0.29) is 0 Å². The number of nitrogens with zero attached hydrogens (tertiary/aromatic N) is 3. The van der Waals surface area contributed by atoms with Gasteiger partial charge in [0, 0.05) is 17.1 Å². The molecule has 2 atom stereocenters. The van der Waals surface area contributed by atoms with Gasteiger partial charge in [0.15, 0.2) is 0 Å². The van der Waals surface area contributed by atoms with Gasteiger partial charge in [-0.15, -0.1) is 0 Å². The minimum atomic E-state index is 0.538. The molecule has 0 aliphatic carbocycles. The average Bonchev–Trinajstić information content (AvgIpc) is 3.03. The van der Waals surface area contributed by atoms with E-state index >= 15 is 0 Å². The van der Waals surface area contributed by atoms with Gasteiger partial charge in [-0.1, -0.05) is 32.0 Å². The Bertz CT molecular complexity index is 1250. The van der Waals surface area contributed by atoms with E-state index in [0.717, 1.165) is 62.3 Å². The molecule has 0 spiro atoms. The van der Waals surface area contributed by atoms with Gasteiger partial charge in [0.05, 0.1) is 12.3 Å². The Balaban J connectivity index is 1.40. The summed E-state index contributed by atoms with van der Waals surface area (Å²) in [5.74, 6) is 2.12. The van der Waals surface area contributed by atoms with Crippen molar-refractivity contribution < 1.29 is 4.74 Å². The van der Waals surface area contributed by atoms with Crippen LogP contribution in [0.1, 0.15) is 68.1 Å². The van der Waals surface area contributed by atoms with Crippen LogP contribution in [0, 0.1) is 18.8 Å². The summed E-state index contributed by atoms with van der Waals surface area (Å²) in [6.45, 7) is 9.59. The minimum absolute atomic E-state index is 0.538. The van der Waals surface area contributed by atoms with E-state index in [1.165, 1.54) is 45.6 Å². The lowest BCUT2D eigenvalue weighted by atomic mass is 9.81. The number of hydrogen-bond acceptors (Lipinski definition) is 4. The largest absolute Gasteiger partial charge is 0.493 e. The molecule has 0 saturated heterocycles. The monoisotopic (exact) mass is 467 g/mol. The molecule has 0 N–H and O–H groups in total. The summed E-state index contributed by atoms with van der Waals surface area (Å²) in [7, 11) is 0. The number of hydrogen-bond donors (Lipinski definition) is 0. The van der Waals surface area contributed by atoms with E-state index in [1.807, 2.05) is 0 Å². The standard InChI is InChI=1S/C31H37N3O/c1-5-28-22(4)32-19-33-30(28)17-24-13-14-35-31-12-11-25(16-27(31)15-20(24)2)26-10-9-23-8-6-7-21(3)34-29(23)18-26/h9-12,16,18-20,24H,5-8,13-15,17H2,1-4H3. The zero-order valence-electron chi connectivity index (χ0n) is 21.6. The van der Waals surface area contributed by atoms with Crippen molar-refractivity contribution in [3.63, 3.8) is 0 Å². The lowest BCUT2D eigenvalue weighted by molar-refractivity contribution is 0.220. The first-order valence-corrected chi connectivity index (χ1v) is 13.2. The Labute approximate surface area is 209 Å². The molecule has 0 saturated carbocycles. The first-order chi connectivity index (χ1) is 17.0. The molecule has 1 aromatic heterocycles. The summed E-state index contributed by atoms with van der Waals surface area (Å²) >= 11 is 0. The van der Waals surface area contributed by atoms with Crippen LogP contribution in [-0.4, -0.2) is 22.3 Å². The number of aryl methyl sites for hydroxylation is 2. The Morgan fingerprint density at radius 1 is 0.971 bits per heavy atom. The zero-order chi connectivity index (χ0) is 24.4. The molecule has 2 aromatic carbocycles. The van der Waals surface area contributed by atoms with E-state index < -0.39 is 0 Å². The smallest absolute Gasteiger partial charge is 0.122 e. The summed E-state index contributed by atoms with van der Waals surface area (Å²) in [5.41, 5.74) is 11.2. The van der Waals surface area contributed by atoms with Crippen LogP contribution in [-0.2, 0) is 25.7 Å². The minimum Gasteiger partial charge on any atom is -0.493 e. The molecular weight excluding hydrogens is 430 g/mol. The molecule has 35 heavy (non-hydrogen) atoms. The molecule has 3 heterocycles. The van der Waals surface area contributed by atoms with Crippen molar-refractivity contribution in [1.29, 1.82) is 0 Å². The second kappa shape index (κ2) is 10.3. The highest BCUT2D eigenvalue weighted by atomic mass is 16.5. The number of ether oxygens (including phenoxy) is 1. The topological polar surface area (TPSA) is 47.4 Å². The lowest BCUT2D eigenvalue weighted by Crippen LogP contribution is -2.23. The maximum atomic E-state index is 6.28. The molecule has 182 valence electrons. The predicted molar refractivity (Wildman–Crippen MR) is 144 cm³/mol. The van der Waals surface area contributed by atoms with Crippen LogP contribution in [0.5, 0.6) is 5.75 Å². The van der Waals surface area contributed by atoms with Gasteiger partial charge in [0.2, 0.25) is 0 Å². The molecule has 2 unspecified atom stereocenters. The van der Waals surface area contributed by atoms with Crippen LogP contribution >= 0.6 is 0 Å². The highest BCUT2D eigenvalue weighted by molar-refractivity contribution is 5.86. The third-order valence-corrected chi connectivity index (χ3v) is 7.93. The highest BCUT2D eigenvalue weighted by Crippen LogP contribution is 2.36. The molecule has 0 fully saturated rings. The molecule has 0 radical (unpaired) electrons. The maximum Gasteiger partial charge on any atom is 0.122 e. The molecule has 2 aliphatic heterocycles. The third-order valence-electron chi connectivity index (χ3n) is 7.93. The molecule has 4 heteroatoms. The van der Waals surface area contributed by atoms with Crippen LogP contribution in [0.4, 0.5) is 5.69 Å². The molecule has 2 aliphatic rings. The van der Waals surface area contributed by atoms with Crippen LogP contribution in [0.3, 0.4) is 0 Å². The SMILES string of the molecule is CCc1c(C)ncnc1CC1CCOc2ccc(-c3ccc4c(c3)N=C(C)CCC4)cc2CC1C. The van der Waals surface area contributed by atoms with Gasteiger partial charge in [0.1, 0.15) is 12.1 Å². The van der Waals surface area contributed by atoms with Crippen molar-refractivity contribution in [3.8, 4) is 16.9 Å². The van der Waals surface area contributed by atoms with Crippen LogP contribution in [0.15, 0.2) is 47.7 Å². The van der Waals surface area contributed by atoms with Gasteiger partial charge in [-0.25, -0.2) is 9.97 Å². The fraction of sp³-hybridized carbons (Fsp3) is 0.452. The van der Waals surface area contributed by atoms with Crippen molar-refractivity contribution in [2.75, 3.05) is 6.61 Å². The normalized spacial score (nSPS) is 19.9. The summed E-state index contributed by atoms with van der Waals surface area (Å²) in [6, 6.07) is 13.5. The second-order valence-electron chi connectivity index (χ2n) is 10.4. The quantitative estimate of drug-likeness (QED) is 0.405. The average molecular weight is 468 g/mol. The number of aliphatic imine (C=N–C) groups is 1. The van der Waals surface area contributed by atoms with E-state index in [9.17, 15) is 0 Å². The van der Waals surface area contributed by atoms with Crippen LogP contribution < -0.4 is 4.74 Å². The summed E-state index contributed by atoms with van der Waals surface area (Å²) in [4.78, 5) is 14.0. The molecule has 3 aromatic rings. The predicted octanol–water partition coefficient (Wildman–Crippen LogP) is 7.26. The molecule has 0 bridgehead atoms. The van der Waals surface area contributed by atoms with E-state index in [4.69, 9.17) is 9.73 Å². The number of fused-ring (bicyclic) bond motifs is 2. The van der Waals surface area contributed by atoms with Gasteiger partial charge in [-0.3, -0.25) is 4.99 Å². The fourth-order valence-electron chi connectivity index (χ4n) is 5.77. The van der Waals surface area contributed by atoms with Crippen molar-refractivity contribution in [3.05, 3.63) is 70.8 Å². The lowest BCUT2D eigenvalue weighted by Gasteiger charge is -2.28. The van der Waals surface area contributed by atoms with Crippen molar-refractivity contribution in [2.24, 2.45) is 16.8 Å². The van der Waals surface area contributed by atoms with Crippen molar-refractivity contribution in [2.45, 2.75) is 72.6 Å². The Morgan fingerprint density at radius 3 is 2.66 bits per heavy atom. The summed E-state index contributed by atoms with van der Waals surface area (Å²) in [6.07, 6.45) is 9.15. The first-order valence-electron chi connectivity index (χ1n) is 13.2. The van der Waals surface area contributed by atoms with Crippen molar-refractivity contribution in [1.82, 2.24) is 9.97 Å². The maximum absolute atomic E-state index is 6.28. The highest BCUT2D eigenvalue weighted by Gasteiger charge is 2.24. The van der Waals surface area contributed by atoms with Gasteiger partial charge >= 0.3 is 0 Å². The van der Waals surface area contributed by atoms with E-state index in [0.29, 0.717) is 11.8 Å². The third kappa shape index (κ3) is 5.17. The number of aromatic nitrogens is 2. The Kier molecular flexibility index (Phi) is 6.99. The van der Waals surface area contributed by atoms with Gasteiger partial charge in [-0.2, -0.15) is 0 Å². The fourth-order valence-corrected chi connectivity index (χ4v) is 5.77. The molecule has 5 rings (SSSR count). The molecule has 0 amide bonds. The first kappa shape index (κ1) is 23.7. The Hall–Kier alpha value is -3.01. The van der Waals surface area contributed by atoms with Crippen LogP contribution in [0.2, 0.25) is 0 Å². The summed E-state index contributed by atoms with van der Waals surface area (Å²) < 4.78 is 6.28. The summed E-state index contributed by atoms with van der Waals surface area (Å²) in [5, 5.41) is 0. The van der Waals surface area contributed by atoms with Gasteiger partial charge < -0.3 is 4.74 Å². The van der Waals surface area contributed by atoms with Gasteiger partial charge in [-0.05, 0) is 117 Å². The van der Waals surface area contributed by atoms with Crippen LogP contribution in [0.25, 0.3) is 11.1 Å². The van der Waals surface area contributed by atoms with E-state index in [1.54, 1.807) is 6.33 Å². The van der Waals surface area contributed by atoms with E-state index in [2.05, 4.69) is 74.1 Å². The second-order valence-corrected chi connectivity index (χ2v) is 10.4. The number of benzene rings is 2. The number of rotatable bonds is 4. The van der Waals surface area contributed by atoms with Gasteiger partial charge in [0.25, 0.3) is 0 Å². The molecular formula is C31H37N3O. The van der Waals surface area contributed by atoms with Crippen molar-refractivity contribution >= 4 is 11.4 Å². The Morgan fingerprint density at radius 2 is 1.80 bits per heavy atom.